The lowest BCUT2D eigenvalue weighted by Gasteiger charge is -2.14. The largest absolute Gasteiger partial charge is 0.494 e. The first-order valence-corrected chi connectivity index (χ1v) is 7.94. The second-order valence-corrected chi connectivity index (χ2v) is 6.04. The van der Waals surface area contributed by atoms with E-state index in [0.717, 1.165) is 10.5 Å². The molecule has 7 heteroatoms. The first-order chi connectivity index (χ1) is 11.9. The fourth-order valence-corrected chi connectivity index (χ4v) is 2.62. The van der Waals surface area contributed by atoms with Crippen LogP contribution in [-0.4, -0.2) is 26.6 Å². The van der Waals surface area contributed by atoms with Crippen molar-refractivity contribution in [2.24, 2.45) is 0 Å². The van der Waals surface area contributed by atoms with E-state index in [1.165, 1.54) is 19.2 Å². The summed E-state index contributed by atoms with van der Waals surface area (Å²) >= 11 is 5.94. The standard InChI is InChI=1S/C18H17ClFN3O2/c1-23(10-12-3-6-17(25-2)16(20)7-12)11-18(24)22-14-5-4-13(9-21)15(19)8-14/h3-8H,10-11H2,1-2H3,(H,22,24)/p+1. The van der Waals surface area contributed by atoms with Crippen molar-refractivity contribution in [3.05, 3.63) is 58.4 Å². The maximum absolute atomic E-state index is 13.7. The van der Waals surface area contributed by atoms with E-state index in [4.69, 9.17) is 21.6 Å². The Bertz CT molecular complexity index is 820. The molecule has 130 valence electrons. The summed E-state index contributed by atoms with van der Waals surface area (Å²) in [4.78, 5) is 13.0. The highest BCUT2D eigenvalue weighted by atomic mass is 35.5. The van der Waals surface area contributed by atoms with Gasteiger partial charge in [-0.25, -0.2) is 4.39 Å². The highest BCUT2D eigenvalue weighted by molar-refractivity contribution is 6.32. The molecule has 0 aliphatic carbocycles. The van der Waals surface area contributed by atoms with Gasteiger partial charge >= 0.3 is 0 Å². The van der Waals surface area contributed by atoms with Crippen LogP contribution in [0.1, 0.15) is 11.1 Å². The predicted octanol–water partition coefficient (Wildman–Crippen LogP) is 2.01. The molecule has 0 saturated carbocycles. The van der Waals surface area contributed by atoms with Crippen LogP contribution in [-0.2, 0) is 11.3 Å². The number of rotatable bonds is 6. The van der Waals surface area contributed by atoms with Gasteiger partial charge in [0, 0.05) is 11.3 Å². The second kappa shape index (κ2) is 8.47. The van der Waals surface area contributed by atoms with Crippen LogP contribution in [0.4, 0.5) is 10.1 Å². The van der Waals surface area contributed by atoms with Gasteiger partial charge in [-0.15, -0.1) is 0 Å². The van der Waals surface area contributed by atoms with E-state index in [2.05, 4.69) is 5.32 Å². The predicted molar refractivity (Wildman–Crippen MR) is 93.2 cm³/mol. The number of methoxy groups -OCH3 is 1. The number of halogens is 2. The zero-order valence-electron chi connectivity index (χ0n) is 13.9. The van der Waals surface area contributed by atoms with Crippen molar-refractivity contribution in [2.75, 3.05) is 26.0 Å². The molecule has 5 nitrogen and oxygen atoms in total. The van der Waals surface area contributed by atoms with Crippen LogP contribution in [0.3, 0.4) is 0 Å². The third kappa shape index (κ3) is 5.18. The number of quaternary nitrogens is 1. The lowest BCUT2D eigenvalue weighted by molar-refractivity contribution is -0.885. The molecule has 1 amide bonds. The quantitative estimate of drug-likeness (QED) is 0.826. The first kappa shape index (κ1) is 18.7. The Morgan fingerprint density at radius 2 is 2.12 bits per heavy atom. The molecule has 0 aliphatic rings. The monoisotopic (exact) mass is 362 g/mol. The van der Waals surface area contributed by atoms with Gasteiger partial charge < -0.3 is 15.0 Å². The summed E-state index contributed by atoms with van der Waals surface area (Å²) in [6.07, 6.45) is 0. The van der Waals surface area contributed by atoms with E-state index in [1.807, 2.05) is 13.1 Å². The Balaban J connectivity index is 1.93. The fraction of sp³-hybridized carbons (Fsp3) is 0.222. The molecule has 0 saturated heterocycles. The molecule has 25 heavy (non-hydrogen) atoms. The minimum absolute atomic E-state index is 0.192. The number of carbonyl (C=O) groups excluding carboxylic acids is 1. The van der Waals surface area contributed by atoms with E-state index >= 15 is 0 Å². The SMILES string of the molecule is COc1ccc(C[NH+](C)CC(=O)Nc2ccc(C#N)c(Cl)c2)cc1F. The number of ether oxygens (including phenoxy) is 1. The third-order valence-electron chi connectivity index (χ3n) is 3.56. The molecule has 2 aromatic carbocycles. The number of nitrogens with zero attached hydrogens (tertiary/aromatic N) is 1. The van der Waals surface area contributed by atoms with Gasteiger partial charge in [0.2, 0.25) is 0 Å². The number of hydrogen-bond acceptors (Lipinski definition) is 3. The Morgan fingerprint density at radius 3 is 2.72 bits per heavy atom. The minimum Gasteiger partial charge on any atom is -0.494 e. The van der Waals surface area contributed by atoms with Crippen molar-refractivity contribution in [2.45, 2.75) is 6.54 Å². The minimum atomic E-state index is -0.426. The summed E-state index contributed by atoms with van der Waals surface area (Å²) in [5.41, 5.74) is 1.64. The van der Waals surface area contributed by atoms with Crippen LogP contribution >= 0.6 is 11.6 Å². The molecule has 0 fully saturated rings. The van der Waals surface area contributed by atoms with Gasteiger partial charge in [-0.3, -0.25) is 4.79 Å². The molecule has 0 aromatic heterocycles. The Morgan fingerprint density at radius 1 is 1.36 bits per heavy atom. The van der Waals surface area contributed by atoms with Crippen molar-refractivity contribution >= 4 is 23.2 Å². The molecule has 0 aliphatic heterocycles. The highest BCUT2D eigenvalue weighted by Crippen LogP contribution is 2.20. The maximum atomic E-state index is 13.7. The number of hydrogen-bond donors (Lipinski definition) is 2. The second-order valence-electron chi connectivity index (χ2n) is 5.63. The van der Waals surface area contributed by atoms with Crippen molar-refractivity contribution in [3.63, 3.8) is 0 Å². The van der Waals surface area contributed by atoms with Crippen LogP contribution in [0.2, 0.25) is 5.02 Å². The summed E-state index contributed by atoms with van der Waals surface area (Å²) in [6.45, 7) is 0.688. The van der Waals surface area contributed by atoms with Crippen molar-refractivity contribution < 1.29 is 18.8 Å². The Kier molecular flexibility index (Phi) is 6.34. The number of carbonyl (C=O) groups is 1. The Labute approximate surface area is 150 Å². The van der Waals surface area contributed by atoms with Crippen molar-refractivity contribution in [3.8, 4) is 11.8 Å². The number of nitriles is 1. The van der Waals surface area contributed by atoms with E-state index < -0.39 is 5.82 Å². The van der Waals surface area contributed by atoms with Crippen LogP contribution in [0.15, 0.2) is 36.4 Å². The zero-order chi connectivity index (χ0) is 18.4. The molecule has 0 heterocycles. The van der Waals surface area contributed by atoms with Gasteiger partial charge in [0.1, 0.15) is 12.6 Å². The summed E-state index contributed by atoms with van der Waals surface area (Å²) in [7, 11) is 3.25. The molecule has 1 unspecified atom stereocenters. The van der Waals surface area contributed by atoms with Gasteiger partial charge in [-0.05, 0) is 36.4 Å². The number of nitrogens with one attached hydrogen (secondary N) is 2. The molecule has 0 bridgehead atoms. The van der Waals surface area contributed by atoms with Crippen LogP contribution in [0, 0.1) is 17.1 Å². The van der Waals surface area contributed by atoms with Gasteiger partial charge in [0.05, 0.1) is 24.7 Å². The summed E-state index contributed by atoms with van der Waals surface area (Å²) < 4.78 is 18.6. The zero-order valence-corrected chi connectivity index (χ0v) is 14.7. The van der Waals surface area contributed by atoms with Crippen LogP contribution < -0.4 is 15.0 Å². The molecular formula is C18H18ClFN3O2+. The van der Waals surface area contributed by atoms with E-state index in [1.54, 1.807) is 24.3 Å². The van der Waals surface area contributed by atoms with Gasteiger partial charge in [0.25, 0.3) is 5.91 Å². The molecule has 0 spiro atoms. The third-order valence-corrected chi connectivity index (χ3v) is 3.87. The van der Waals surface area contributed by atoms with Gasteiger partial charge in [-0.2, -0.15) is 5.26 Å². The highest BCUT2D eigenvalue weighted by Gasteiger charge is 2.13. The lowest BCUT2D eigenvalue weighted by Crippen LogP contribution is -3.08. The van der Waals surface area contributed by atoms with Crippen molar-refractivity contribution in [1.29, 1.82) is 5.26 Å². The number of amides is 1. The number of anilines is 1. The Hall–Kier alpha value is -2.62. The van der Waals surface area contributed by atoms with E-state index in [0.29, 0.717) is 17.8 Å². The topological polar surface area (TPSA) is 66.6 Å². The van der Waals surface area contributed by atoms with Gasteiger partial charge in [-0.1, -0.05) is 11.6 Å². The first-order valence-electron chi connectivity index (χ1n) is 7.56. The number of likely N-dealkylation sites (N-methyl/N-ethyl adjacent to an activating group) is 1. The van der Waals surface area contributed by atoms with Crippen LogP contribution in [0.25, 0.3) is 0 Å². The van der Waals surface area contributed by atoms with E-state index in [-0.39, 0.29) is 23.2 Å². The average Bonchev–Trinajstić information content (AvgIpc) is 2.55. The molecule has 0 radical (unpaired) electrons. The molecule has 2 rings (SSSR count). The summed E-state index contributed by atoms with van der Waals surface area (Å²) in [6, 6.07) is 11.4. The smallest absolute Gasteiger partial charge is 0.279 e. The summed E-state index contributed by atoms with van der Waals surface area (Å²) in [5, 5.41) is 11.9. The van der Waals surface area contributed by atoms with E-state index in [9.17, 15) is 9.18 Å². The molecule has 2 N–H and O–H groups in total. The number of benzene rings is 2. The summed E-state index contributed by atoms with van der Waals surface area (Å²) in [5.74, 6) is -0.437. The molecular weight excluding hydrogens is 345 g/mol. The lowest BCUT2D eigenvalue weighted by atomic mass is 10.2. The molecule has 1 atom stereocenters. The average molecular weight is 363 g/mol. The van der Waals surface area contributed by atoms with Crippen LogP contribution in [0.5, 0.6) is 5.75 Å². The normalized spacial score (nSPS) is 11.5. The van der Waals surface area contributed by atoms with Gasteiger partial charge in [0.15, 0.2) is 18.1 Å². The van der Waals surface area contributed by atoms with Crippen molar-refractivity contribution in [1.82, 2.24) is 0 Å². The fourth-order valence-electron chi connectivity index (χ4n) is 2.39. The maximum Gasteiger partial charge on any atom is 0.279 e. The molecule has 2 aromatic rings.